The molecule has 0 saturated carbocycles. The maximum Gasteiger partial charge on any atom is 0.0481 e. The van der Waals surface area contributed by atoms with Crippen molar-refractivity contribution in [1.82, 2.24) is 20.4 Å². The van der Waals surface area contributed by atoms with Gasteiger partial charge in [-0.25, -0.2) is 0 Å². The first-order valence-corrected chi connectivity index (χ1v) is 7.10. The van der Waals surface area contributed by atoms with E-state index >= 15 is 0 Å². The van der Waals surface area contributed by atoms with Crippen molar-refractivity contribution < 1.29 is 0 Å². The molecule has 0 saturated heterocycles. The molecule has 0 atom stereocenters. The number of hydrogen-bond donors (Lipinski definition) is 3. The number of hydrogen-bond acceptors (Lipinski definition) is 5. The zero-order valence-electron chi connectivity index (χ0n) is 13.1. The van der Waals surface area contributed by atoms with E-state index in [-0.39, 0.29) is 0 Å². The molecule has 0 heterocycles. The molecule has 0 fully saturated rings. The Morgan fingerprint density at radius 3 is 1.89 bits per heavy atom. The van der Waals surface area contributed by atoms with E-state index in [9.17, 15) is 0 Å². The van der Waals surface area contributed by atoms with Crippen molar-refractivity contribution in [2.24, 2.45) is 5.73 Å². The van der Waals surface area contributed by atoms with Crippen LogP contribution >= 0.6 is 0 Å². The van der Waals surface area contributed by atoms with E-state index in [4.69, 9.17) is 5.73 Å². The number of nitrogens with one attached hydrogen (secondary N) is 2. The zero-order valence-corrected chi connectivity index (χ0v) is 13.1. The molecule has 0 aliphatic heterocycles. The Bertz CT molecular complexity index is 139. The van der Waals surface area contributed by atoms with Gasteiger partial charge in [-0.1, -0.05) is 20.8 Å². The van der Waals surface area contributed by atoms with Gasteiger partial charge in [0.2, 0.25) is 0 Å². The largest absolute Gasteiger partial charge is 0.329 e. The van der Waals surface area contributed by atoms with Gasteiger partial charge >= 0.3 is 0 Å². The number of nitrogens with two attached hydrogens (primary N) is 1. The highest BCUT2D eigenvalue weighted by Gasteiger charge is 1.98. The smallest absolute Gasteiger partial charge is 0.0481 e. The van der Waals surface area contributed by atoms with Crippen LogP contribution in [-0.2, 0) is 0 Å². The molecule has 0 bridgehead atoms. The molecule has 0 rings (SSSR count). The third kappa shape index (κ3) is 18.2. The molecule has 0 aliphatic rings. The van der Waals surface area contributed by atoms with E-state index in [1.165, 1.54) is 0 Å². The molecule has 4 N–H and O–H groups in total. The maximum atomic E-state index is 5.48. The average molecular weight is 261 g/mol. The monoisotopic (exact) mass is 261 g/mol. The van der Waals surface area contributed by atoms with Gasteiger partial charge in [-0.2, -0.15) is 0 Å². The molecule has 5 heteroatoms. The zero-order chi connectivity index (χ0) is 14.2. The molecule has 112 valence electrons. The first-order valence-electron chi connectivity index (χ1n) is 7.10. The lowest BCUT2D eigenvalue weighted by Gasteiger charge is -2.20. The van der Waals surface area contributed by atoms with Crippen LogP contribution in [0.3, 0.4) is 0 Å². The van der Waals surface area contributed by atoms with Gasteiger partial charge in [-0.3, -0.25) is 4.90 Å². The van der Waals surface area contributed by atoms with E-state index in [1.807, 2.05) is 0 Å². The van der Waals surface area contributed by atoms with E-state index in [2.05, 4.69) is 55.3 Å². The van der Waals surface area contributed by atoms with E-state index in [1.54, 1.807) is 0 Å². The first-order chi connectivity index (χ1) is 8.62. The Morgan fingerprint density at radius 1 is 0.944 bits per heavy atom. The van der Waals surface area contributed by atoms with Gasteiger partial charge in [0.15, 0.2) is 0 Å². The van der Waals surface area contributed by atoms with Crippen LogP contribution in [0.15, 0.2) is 0 Å². The fourth-order valence-corrected chi connectivity index (χ4v) is 1.32. The number of nitrogens with zero attached hydrogens (tertiary/aromatic N) is 2. The maximum absolute atomic E-state index is 5.48. The van der Waals surface area contributed by atoms with Gasteiger partial charge in [0.25, 0.3) is 0 Å². The Morgan fingerprint density at radius 2 is 1.56 bits per heavy atom. The van der Waals surface area contributed by atoms with Crippen LogP contribution in [0.2, 0.25) is 0 Å². The van der Waals surface area contributed by atoms with E-state index in [0.717, 1.165) is 52.5 Å². The summed E-state index contributed by atoms with van der Waals surface area (Å²) in [6.07, 6.45) is 0. The molecule has 0 unspecified atom stereocenters. The van der Waals surface area contributed by atoms with Gasteiger partial charge in [-0.05, 0) is 33.7 Å². The van der Waals surface area contributed by atoms with Crippen LogP contribution in [0.4, 0.5) is 0 Å². The molecule has 5 nitrogen and oxygen atoms in total. The quantitative estimate of drug-likeness (QED) is 0.381. The Labute approximate surface area is 114 Å². The van der Waals surface area contributed by atoms with Crippen LogP contribution in [0.25, 0.3) is 0 Å². The molecular weight excluding hydrogens is 226 g/mol. The van der Waals surface area contributed by atoms with Crippen LogP contribution < -0.4 is 16.4 Å². The standard InChI is InChI=1S/C9H24N4.C4H11N/c1-4-13(7-5-10)9-11-6-8-12(2)3;1-3-5-4-2/h11H,4-10H2,1-3H3;5H,3-4H2,1-2H3. The van der Waals surface area contributed by atoms with Crippen molar-refractivity contribution in [3.05, 3.63) is 0 Å². The summed E-state index contributed by atoms with van der Waals surface area (Å²) in [5.74, 6) is 0. The third-order valence-corrected chi connectivity index (χ3v) is 2.46. The summed E-state index contributed by atoms with van der Waals surface area (Å²) in [6.45, 7) is 14.4. The van der Waals surface area contributed by atoms with Crippen LogP contribution in [0.1, 0.15) is 20.8 Å². The van der Waals surface area contributed by atoms with Gasteiger partial charge in [0.05, 0.1) is 0 Å². The van der Waals surface area contributed by atoms with Crippen LogP contribution in [-0.4, -0.2) is 76.4 Å². The topological polar surface area (TPSA) is 56.6 Å². The second-order valence-electron chi connectivity index (χ2n) is 4.42. The average Bonchev–Trinajstić information content (AvgIpc) is 2.34. The summed E-state index contributed by atoms with van der Waals surface area (Å²) in [4.78, 5) is 4.47. The van der Waals surface area contributed by atoms with Crippen molar-refractivity contribution in [3.8, 4) is 0 Å². The summed E-state index contributed by atoms with van der Waals surface area (Å²) >= 11 is 0. The highest BCUT2D eigenvalue weighted by molar-refractivity contribution is 4.55. The molecular formula is C13H35N5. The summed E-state index contributed by atoms with van der Waals surface area (Å²) < 4.78 is 0. The fourth-order valence-electron chi connectivity index (χ4n) is 1.32. The Hall–Kier alpha value is -0.200. The minimum atomic E-state index is 0.739. The van der Waals surface area contributed by atoms with Crippen molar-refractivity contribution in [2.75, 3.05) is 66.6 Å². The van der Waals surface area contributed by atoms with Crippen LogP contribution in [0.5, 0.6) is 0 Å². The third-order valence-electron chi connectivity index (χ3n) is 2.46. The molecule has 0 aromatic rings. The van der Waals surface area contributed by atoms with Gasteiger partial charge in [0.1, 0.15) is 0 Å². The highest BCUT2D eigenvalue weighted by atomic mass is 15.2. The molecule has 0 aromatic heterocycles. The predicted octanol–water partition coefficient (Wildman–Crippen LogP) is -0.00850. The fraction of sp³-hybridized carbons (Fsp3) is 1.00. The summed E-state index contributed by atoms with van der Waals surface area (Å²) in [7, 11) is 4.16. The van der Waals surface area contributed by atoms with Gasteiger partial charge in [-0.15, -0.1) is 0 Å². The second kappa shape index (κ2) is 16.8. The van der Waals surface area contributed by atoms with Crippen molar-refractivity contribution >= 4 is 0 Å². The number of likely N-dealkylation sites (N-methyl/N-ethyl adjacent to an activating group) is 2. The van der Waals surface area contributed by atoms with Gasteiger partial charge in [0, 0.05) is 32.8 Å². The second-order valence-corrected chi connectivity index (χ2v) is 4.42. The van der Waals surface area contributed by atoms with Crippen LogP contribution in [0, 0.1) is 0 Å². The lowest BCUT2D eigenvalue weighted by Crippen LogP contribution is -2.39. The molecule has 0 spiro atoms. The molecule has 0 aliphatic carbocycles. The summed E-state index contributed by atoms with van der Waals surface area (Å²) in [5.41, 5.74) is 5.48. The minimum absolute atomic E-state index is 0.739. The lowest BCUT2D eigenvalue weighted by molar-refractivity contribution is 0.265. The summed E-state index contributed by atoms with van der Waals surface area (Å²) in [6, 6.07) is 0. The van der Waals surface area contributed by atoms with Gasteiger partial charge < -0.3 is 21.3 Å². The Kier molecular flexibility index (Phi) is 18.8. The van der Waals surface area contributed by atoms with Crippen molar-refractivity contribution in [2.45, 2.75) is 20.8 Å². The normalized spacial score (nSPS) is 10.7. The molecule has 0 amide bonds. The lowest BCUT2D eigenvalue weighted by atomic mass is 10.5. The van der Waals surface area contributed by atoms with Crippen molar-refractivity contribution in [1.29, 1.82) is 0 Å². The number of rotatable bonds is 10. The predicted molar refractivity (Wildman–Crippen MR) is 81.9 cm³/mol. The van der Waals surface area contributed by atoms with E-state index in [0.29, 0.717) is 0 Å². The van der Waals surface area contributed by atoms with Crippen molar-refractivity contribution in [3.63, 3.8) is 0 Å². The molecule has 0 aromatic carbocycles. The van der Waals surface area contributed by atoms with E-state index < -0.39 is 0 Å². The molecule has 0 radical (unpaired) electrons. The summed E-state index contributed by atoms with van der Waals surface area (Å²) in [5, 5.41) is 6.49. The first kappa shape index (κ1) is 20.1. The highest BCUT2D eigenvalue weighted by Crippen LogP contribution is 1.82. The SMILES string of the molecule is CCN(CCN)CNCCN(C)C.CCNCC. The Balaban J connectivity index is 0. The minimum Gasteiger partial charge on any atom is -0.329 e. The molecule has 18 heavy (non-hydrogen) atoms.